The van der Waals surface area contributed by atoms with Crippen LogP contribution in [0.3, 0.4) is 0 Å². The lowest BCUT2D eigenvalue weighted by Gasteiger charge is -2.24. The Bertz CT molecular complexity index is 297. The summed E-state index contributed by atoms with van der Waals surface area (Å²) in [7, 11) is -2.86. The Morgan fingerprint density at radius 2 is 1.85 bits per heavy atom. The maximum atomic E-state index is 11.2. The molecular formula is C8H13NO2S2. The first kappa shape index (κ1) is 10.9. The summed E-state index contributed by atoms with van der Waals surface area (Å²) in [5, 5.41) is 10.7. The van der Waals surface area contributed by atoms with Crippen LogP contribution >= 0.6 is 11.8 Å². The molecule has 0 aromatic heterocycles. The lowest BCUT2D eigenvalue weighted by molar-refractivity contribution is 0.496. The maximum absolute atomic E-state index is 11.2. The fraction of sp³-hybridized carbons (Fsp3) is 0.875. The van der Waals surface area contributed by atoms with Gasteiger partial charge in [-0.1, -0.05) is 0 Å². The third-order valence-electron chi connectivity index (χ3n) is 2.45. The predicted octanol–water partition coefficient (Wildman–Crippen LogP) is 1.56. The van der Waals surface area contributed by atoms with Gasteiger partial charge >= 0.3 is 0 Å². The van der Waals surface area contributed by atoms with Gasteiger partial charge in [0.25, 0.3) is 0 Å². The maximum Gasteiger partial charge on any atom is 0.150 e. The highest BCUT2D eigenvalue weighted by Gasteiger charge is 2.27. The van der Waals surface area contributed by atoms with E-state index in [0.29, 0.717) is 5.25 Å². The lowest BCUT2D eigenvalue weighted by atomic mass is 10.00. The quantitative estimate of drug-likeness (QED) is 0.661. The van der Waals surface area contributed by atoms with Crippen LogP contribution in [0.2, 0.25) is 0 Å². The van der Waals surface area contributed by atoms with Gasteiger partial charge in [0.15, 0.2) is 0 Å². The number of rotatable bonds is 2. The van der Waals surface area contributed by atoms with Crippen LogP contribution in [-0.4, -0.2) is 25.2 Å². The van der Waals surface area contributed by atoms with Crippen LogP contribution in [0.4, 0.5) is 0 Å². The Morgan fingerprint density at radius 3 is 2.23 bits per heavy atom. The zero-order valence-corrected chi connectivity index (χ0v) is 9.20. The molecule has 0 atom stereocenters. The van der Waals surface area contributed by atoms with Gasteiger partial charge in [0.05, 0.1) is 5.25 Å². The van der Waals surface area contributed by atoms with E-state index >= 15 is 0 Å². The van der Waals surface area contributed by atoms with E-state index in [4.69, 9.17) is 5.26 Å². The zero-order valence-electron chi connectivity index (χ0n) is 7.56. The van der Waals surface area contributed by atoms with Crippen molar-refractivity contribution in [3.05, 3.63) is 0 Å². The second-order valence-corrected chi connectivity index (χ2v) is 6.85. The molecule has 1 fully saturated rings. The summed E-state index contributed by atoms with van der Waals surface area (Å²) < 4.78 is 22.4. The number of hydrogen-bond acceptors (Lipinski definition) is 4. The van der Waals surface area contributed by atoms with Crippen LogP contribution in [0.1, 0.15) is 25.7 Å². The van der Waals surface area contributed by atoms with Crippen LogP contribution in [0.25, 0.3) is 0 Å². The van der Waals surface area contributed by atoms with Gasteiger partial charge in [0.2, 0.25) is 0 Å². The topological polar surface area (TPSA) is 57.9 Å². The molecule has 13 heavy (non-hydrogen) atoms. The van der Waals surface area contributed by atoms with Crippen molar-refractivity contribution in [2.45, 2.75) is 36.2 Å². The molecular weight excluding hydrogens is 206 g/mol. The van der Waals surface area contributed by atoms with Crippen molar-refractivity contribution in [2.24, 2.45) is 0 Å². The summed E-state index contributed by atoms with van der Waals surface area (Å²) in [5.41, 5.74) is 0. The number of sulfone groups is 1. The van der Waals surface area contributed by atoms with Crippen LogP contribution in [0, 0.1) is 10.7 Å². The van der Waals surface area contributed by atoms with Crippen LogP contribution in [-0.2, 0) is 9.84 Å². The van der Waals surface area contributed by atoms with E-state index < -0.39 is 9.84 Å². The fourth-order valence-electron chi connectivity index (χ4n) is 1.65. The van der Waals surface area contributed by atoms with Gasteiger partial charge in [0.1, 0.15) is 15.2 Å². The molecule has 0 unspecified atom stereocenters. The molecule has 0 aromatic carbocycles. The van der Waals surface area contributed by atoms with Crippen molar-refractivity contribution in [3.63, 3.8) is 0 Å². The number of thiocyanates is 1. The first-order chi connectivity index (χ1) is 6.04. The monoisotopic (exact) mass is 219 g/mol. The van der Waals surface area contributed by atoms with Crippen LogP contribution in [0.15, 0.2) is 0 Å². The van der Waals surface area contributed by atoms with Crippen molar-refractivity contribution in [1.29, 1.82) is 5.26 Å². The van der Waals surface area contributed by atoms with Gasteiger partial charge in [-0.2, -0.15) is 5.26 Å². The van der Waals surface area contributed by atoms with Crippen LogP contribution in [0.5, 0.6) is 0 Å². The molecule has 0 heterocycles. The van der Waals surface area contributed by atoms with E-state index in [1.807, 2.05) is 0 Å². The molecule has 1 aliphatic rings. The number of thioether (sulfide) groups is 1. The minimum absolute atomic E-state index is 0.164. The molecule has 1 rings (SSSR count). The van der Waals surface area contributed by atoms with E-state index in [2.05, 4.69) is 5.40 Å². The summed E-state index contributed by atoms with van der Waals surface area (Å²) in [6.07, 6.45) is 4.46. The number of hydrogen-bond donors (Lipinski definition) is 0. The minimum Gasteiger partial charge on any atom is -0.229 e. The molecule has 0 aliphatic heterocycles. The Kier molecular flexibility index (Phi) is 3.63. The molecule has 0 saturated heterocycles. The molecule has 0 radical (unpaired) electrons. The molecule has 0 aromatic rings. The molecule has 3 nitrogen and oxygen atoms in total. The lowest BCUT2D eigenvalue weighted by Crippen LogP contribution is -2.26. The van der Waals surface area contributed by atoms with Gasteiger partial charge in [0, 0.05) is 11.5 Å². The van der Waals surface area contributed by atoms with E-state index in [-0.39, 0.29) is 5.25 Å². The first-order valence-corrected chi connectivity index (χ1v) is 7.11. The molecule has 0 N–H and O–H groups in total. The van der Waals surface area contributed by atoms with Crippen LogP contribution < -0.4 is 0 Å². The smallest absolute Gasteiger partial charge is 0.150 e. The molecule has 5 heteroatoms. The summed E-state index contributed by atoms with van der Waals surface area (Å²) >= 11 is 1.28. The molecule has 74 valence electrons. The summed E-state index contributed by atoms with van der Waals surface area (Å²) in [5.74, 6) is 0. The molecule has 0 bridgehead atoms. The highest BCUT2D eigenvalue weighted by atomic mass is 32.2. The predicted molar refractivity (Wildman–Crippen MR) is 54.1 cm³/mol. The van der Waals surface area contributed by atoms with E-state index in [9.17, 15) is 8.42 Å². The Morgan fingerprint density at radius 1 is 1.31 bits per heavy atom. The van der Waals surface area contributed by atoms with Gasteiger partial charge in [-0.15, -0.1) is 0 Å². The molecule has 1 saturated carbocycles. The largest absolute Gasteiger partial charge is 0.229 e. The number of nitriles is 1. The van der Waals surface area contributed by atoms with Crippen molar-refractivity contribution in [2.75, 3.05) is 6.26 Å². The molecule has 0 amide bonds. The van der Waals surface area contributed by atoms with Gasteiger partial charge < -0.3 is 0 Å². The van der Waals surface area contributed by atoms with E-state index in [0.717, 1.165) is 25.7 Å². The summed E-state index contributed by atoms with van der Waals surface area (Å²) in [4.78, 5) is 0. The average molecular weight is 219 g/mol. The van der Waals surface area contributed by atoms with Crippen molar-refractivity contribution < 1.29 is 8.42 Å². The van der Waals surface area contributed by atoms with Crippen molar-refractivity contribution in [1.82, 2.24) is 0 Å². The molecule has 1 aliphatic carbocycles. The third-order valence-corrected chi connectivity index (χ3v) is 5.04. The Labute approximate surface area is 83.4 Å². The second-order valence-electron chi connectivity index (χ2n) is 3.44. The van der Waals surface area contributed by atoms with Gasteiger partial charge in [-0.3, -0.25) is 0 Å². The number of nitrogens with zero attached hydrogens (tertiary/aromatic N) is 1. The fourth-order valence-corrected chi connectivity index (χ4v) is 3.44. The van der Waals surface area contributed by atoms with E-state index in [1.165, 1.54) is 18.0 Å². The zero-order chi connectivity index (χ0) is 9.90. The third kappa shape index (κ3) is 3.20. The van der Waals surface area contributed by atoms with Crippen molar-refractivity contribution >= 4 is 21.6 Å². The van der Waals surface area contributed by atoms with Gasteiger partial charge in [-0.05, 0) is 37.4 Å². The normalized spacial score (nSPS) is 29.5. The Balaban J connectivity index is 2.45. The molecule has 0 spiro atoms. The first-order valence-electron chi connectivity index (χ1n) is 4.27. The van der Waals surface area contributed by atoms with E-state index in [1.54, 1.807) is 0 Å². The highest BCUT2D eigenvalue weighted by Crippen LogP contribution is 2.30. The minimum atomic E-state index is -2.86. The average Bonchev–Trinajstić information content (AvgIpc) is 2.04. The summed E-state index contributed by atoms with van der Waals surface area (Å²) in [6, 6.07) is 0. The Hall–Kier alpha value is -0.210. The second kappa shape index (κ2) is 4.34. The van der Waals surface area contributed by atoms with Gasteiger partial charge in [-0.25, -0.2) is 8.42 Å². The van der Waals surface area contributed by atoms with Crippen molar-refractivity contribution in [3.8, 4) is 5.40 Å². The SMILES string of the molecule is CS(=O)(=O)C1CCC(SC#N)CC1. The summed E-state index contributed by atoms with van der Waals surface area (Å²) in [6.45, 7) is 0. The standard InChI is InChI=1S/C8H13NO2S2/c1-13(10,11)8-4-2-7(3-5-8)12-6-9/h7-8H,2-5H2,1H3. The highest BCUT2D eigenvalue weighted by molar-refractivity contribution is 8.04.